The molecule has 0 aliphatic carbocycles. The summed E-state index contributed by atoms with van der Waals surface area (Å²) < 4.78 is 11.3. The molecule has 122 valence electrons. The lowest BCUT2D eigenvalue weighted by atomic mass is 10.2. The zero-order chi connectivity index (χ0) is 17.3. The normalized spacial score (nSPS) is 10.6. The largest absolute Gasteiger partial charge is 0.493 e. The van der Waals surface area contributed by atoms with Crippen LogP contribution in [0.5, 0.6) is 5.75 Å². The Hall–Kier alpha value is -2.38. The molecule has 0 aliphatic heterocycles. The molecule has 2 aromatic heterocycles. The van der Waals surface area contributed by atoms with E-state index in [0.717, 1.165) is 6.07 Å². The van der Waals surface area contributed by atoms with Crippen molar-refractivity contribution in [2.45, 2.75) is 0 Å². The molecular weight excluding hydrogens is 400 g/mol. The number of carbonyl (C=O) groups excluding carboxylic acids is 1. The Kier molecular flexibility index (Phi) is 4.55. The highest BCUT2D eigenvalue weighted by Gasteiger charge is 2.16. The van der Waals surface area contributed by atoms with Crippen molar-refractivity contribution in [2.24, 2.45) is 0 Å². The molecule has 1 amide bonds. The Morgan fingerprint density at radius 1 is 1.38 bits per heavy atom. The lowest BCUT2D eigenvalue weighted by molar-refractivity contribution is 0.0996. The molecule has 0 atom stereocenters. The molecule has 2 heterocycles. The third kappa shape index (κ3) is 3.13. The van der Waals surface area contributed by atoms with Gasteiger partial charge in [-0.15, -0.1) is 0 Å². The summed E-state index contributed by atoms with van der Waals surface area (Å²) in [4.78, 5) is 28.6. The number of pyridine rings is 1. The predicted octanol–water partition coefficient (Wildman–Crippen LogP) is 3.86. The molecule has 6 nitrogen and oxygen atoms in total. The molecule has 3 rings (SSSR count). The van der Waals surface area contributed by atoms with E-state index in [4.69, 9.17) is 20.8 Å². The van der Waals surface area contributed by atoms with Crippen LogP contribution in [0.25, 0.3) is 11.0 Å². The molecule has 8 heteroatoms. The van der Waals surface area contributed by atoms with Crippen molar-refractivity contribution in [1.29, 1.82) is 0 Å². The van der Waals surface area contributed by atoms with Gasteiger partial charge < -0.3 is 14.5 Å². The van der Waals surface area contributed by atoms with E-state index >= 15 is 0 Å². The Morgan fingerprint density at radius 2 is 2.17 bits per heavy atom. The third-order valence-corrected chi connectivity index (χ3v) is 3.93. The fraction of sp³-hybridized carbons (Fsp3) is 0.0625. The van der Waals surface area contributed by atoms with E-state index in [-0.39, 0.29) is 27.6 Å². The van der Waals surface area contributed by atoms with Crippen LogP contribution in [0.1, 0.15) is 10.6 Å². The van der Waals surface area contributed by atoms with Gasteiger partial charge in [-0.1, -0.05) is 17.7 Å². The molecule has 24 heavy (non-hydrogen) atoms. The summed E-state index contributed by atoms with van der Waals surface area (Å²) in [6.45, 7) is 0. The van der Waals surface area contributed by atoms with Crippen LogP contribution in [0.15, 0.2) is 50.2 Å². The second-order valence-electron chi connectivity index (χ2n) is 4.75. The number of rotatable bonds is 3. The first-order valence-electron chi connectivity index (χ1n) is 6.73. The Labute approximate surface area is 149 Å². The summed E-state index contributed by atoms with van der Waals surface area (Å²) in [5.41, 5.74) is -0.202. The smallest absolute Gasteiger partial charge is 0.292 e. The van der Waals surface area contributed by atoms with Gasteiger partial charge in [-0.05, 0) is 34.1 Å². The van der Waals surface area contributed by atoms with E-state index in [1.165, 1.54) is 13.3 Å². The minimum atomic E-state index is -0.637. The number of hydrogen-bond acceptors (Lipinski definition) is 5. The molecule has 1 aromatic carbocycles. The van der Waals surface area contributed by atoms with Crippen molar-refractivity contribution < 1.29 is 13.9 Å². The third-order valence-electron chi connectivity index (χ3n) is 3.20. The first-order chi connectivity index (χ1) is 11.5. The molecule has 0 aliphatic rings. The molecule has 0 fully saturated rings. The number of ether oxygens (including phenoxy) is 1. The van der Waals surface area contributed by atoms with Crippen molar-refractivity contribution in [1.82, 2.24) is 4.98 Å². The van der Waals surface area contributed by atoms with Gasteiger partial charge in [-0.2, -0.15) is 0 Å². The van der Waals surface area contributed by atoms with E-state index in [1.807, 2.05) is 0 Å². The van der Waals surface area contributed by atoms with Crippen molar-refractivity contribution >= 4 is 50.2 Å². The van der Waals surface area contributed by atoms with Gasteiger partial charge in [0.05, 0.1) is 17.5 Å². The number of benzene rings is 1. The van der Waals surface area contributed by atoms with Gasteiger partial charge in [-0.25, -0.2) is 4.98 Å². The second kappa shape index (κ2) is 6.62. The standard InChI is InChI=1S/C16H10BrClN2O4/c1-23-12-5-8(17)7-19-15(12)20-16(22)13-6-11(21)9-3-2-4-10(18)14(9)24-13/h2-7H,1H3,(H,19,20,22). The molecule has 0 radical (unpaired) electrons. The van der Waals surface area contributed by atoms with Gasteiger partial charge in [0.15, 0.2) is 28.3 Å². The lowest BCUT2D eigenvalue weighted by Gasteiger charge is -2.09. The summed E-state index contributed by atoms with van der Waals surface area (Å²) in [6.07, 6.45) is 1.51. The molecule has 0 unspecified atom stereocenters. The summed E-state index contributed by atoms with van der Waals surface area (Å²) in [5, 5.41) is 3.10. The number of anilines is 1. The quantitative estimate of drug-likeness (QED) is 0.710. The summed E-state index contributed by atoms with van der Waals surface area (Å²) in [5.74, 6) is -0.249. The minimum absolute atomic E-state index is 0.160. The summed E-state index contributed by atoms with van der Waals surface area (Å²) in [7, 11) is 1.45. The van der Waals surface area contributed by atoms with E-state index in [9.17, 15) is 9.59 Å². The molecule has 0 bridgehead atoms. The van der Waals surface area contributed by atoms with Crippen molar-refractivity contribution in [2.75, 3.05) is 12.4 Å². The van der Waals surface area contributed by atoms with Gasteiger partial charge in [0.25, 0.3) is 5.91 Å². The van der Waals surface area contributed by atoms with Crippen molar-refractivity contribution in [3.05, 3.63) is 62.0 Å². The highest BCUT2D eigenvalue weighted by atomic mass is 79.9. The zero-order valence-electron chi connectivity index (χ0n) is 12.3. The summed E-state index contributed by atoms with van der Waals surface area (Å²) in [6, 6.07) is 7.55. The highest BCUT2D eigenvalue weighted by Crippen LogP contribution is 2.26. The van der Waals surface area contributed by atoms with Crippen LogP contribution in [0.3, 0.4) is 0 Å². The SMILES string of the molecule is COc1cc(Br)cnc1NC(=O)c1cc(=O)c2cccc(Cl)c2o1. The number of halogens is 2. The van der Waals surface area contributed by atoms with Gasteiger partial charge >= 0.3 is 0 Å². The zero-order valence-corrected chi connectivity index (χ0v) is 14.6. The fourth-order valence-electron chi connectivity index (χ4n) is 2.09. The Bertz CT molecular complexity index is 1000. The number of aromatic nitrogens is 1. The first-order valence-corrected chi connectivity index (χ1v) is 7.90. The molecule has 0 spiro atoms. The average Bonchev–Trinajstić information content (AvgIpc) is 2.57. The topological polar surface area (TPSA) is 81.4 Å². The van der Waals surface area contributed by atoms with Crippen LogP contribution in [-0.4, -0.2) is 18.0 Å². The monoisotopic (exact) mass is 408 g/mol. The van der Waals surface area contributed by atoms with Gasteiger partial charge in [-0.3, -0.25) is 9.59 Å². The van der Waals surface area contributed by atoms with Crippen molar-refractivity contribution in [3.63, 3.8) is 0 Å². The number of amides is 1. The molecule has 0 saturated heterocycles. The number of nitrogens with zero attached hydrogens (tertiary/aromatic N) is 1. The maximum absolute atomic E-state index is 12.4. The fourth-order valence-corrected chi connectivity index (χ4v) is 2.62. The van der Waals surface area contributed by atoms with Crippen LogP contribution in [0.4, 0.5) is 5.82 Å². The van der Waals surface area contributed by atoms with Gasteiger partial charge in [0.1, 0.15) is 0 Å². The molecule has 0 saturated carbocycles. The number of nitrogens with one attached hydrogen (secondary N) is 1. The minimum Gasteiger partial charge on any atom is -0.493 e. The maximum atomic E-state index is 12.4. The molecule has 3 aromatic rings. The van der Waals surface area contributed by atoms with Crippen LogP contribution in [0.2, 0.25) is 5.02 Å². The maximum Gasteiger partial charge on any atom is 0.292 e. The Morgan fingerprint density at radius 3 is 2.92 bits per heavy atom. The first kappa shape index (κ1) is 16.5. The average molecular weight is 410 g/mol. The number of fused-ring (bicyclic) bond motifs is 1. The number of hydrogen-bond donors (Lipinski definition) is 1. The number of carbonyl (C=O) groups is 1. The van der Waals surface area contributed by atoms with E-state index in [1.54, 1.807) is 24.3 Å². The van der Waals surface area contributed by atoms with Crippen LogP contribution >= 0.6 is 27.5 Å². The van der Waals surface area contributed by atoms with Crippen LogP contribution in [-0.2, 0) is 0 Å². The number of methoxy groups -OCH3 is 1. The van der Waals surface area contributed by atoms with E-state index in [0.29, 0.717) is 15.6 Å². The predicted molar refractivity (Wildman–Crippen MR) is 93.9 cm³/mol. The van der Waals surface area contributed by atoms with Crippen molar-refractivity contribution in [3.8, 4) is 5.75 Å². The molecule has 1 N–H and O–H groups in total. The molecular formula is C16H10BrClN2O4. The number of para-hydroxylation sites is 1. The summed E-state index contributed by atoms with van der Waals surface area (Å²) >= 11 is 9.29. The van der Waals surface area contributed by atoms with E-state index in [2.05, 4.69) is 26.2 Å². The Balaban J connectivity index is 2.01. The van der Waals surface area contributed by atoms with Gasteiger partial charge in [0.2, 0.25) is 0 Å². The van der Waals surface area contributed by atoms with Crippen LogP contribution in [0, 0.1) is 0 Å². The lowest BCUT2D eigenvalue weighted by Crippen LogP contribution is -2.16. The van der Waals surface area contributed by atoms with E-state index < -0.39 is 5.91 Å². The highest BCUT2D eigenvalue weighted by molar-refractivity contribution is 9.10. The second-order valence-corrected chi connectivity index (χ2v) is 6.07. The van der Waals surface area contributed by atoms with Gasteiger partial charge in [0, 0.05) is 16.7 Å². The van der Waals surface area contributed by atoms with Crippen LogP contribution < -0.4 is 15.5 Å².